The van der Waals surface area contributed by atoms with Crippen molar-refractivity contribution in [1.29, 1.82) is 0 Å². The Morgan fingerprint density at radius 2 is 1.92 bits per heavy atom. The molecule has 0 bridgehead atoms. The fraction of sp³-hybridized carbons (Fsp3) is 0.882. The topological polar surface area (TPSA) is 85.1 Å². The SMILES string of the molecule is CC1(C)C[C@]2(CCCN2CC(=O)N2CCOCC2)[C@H](CC(N)=O)O1. The van der Waals surface area contributed by atoms with E-state index >= 15 is 0 Å². The van der Waals surface area contributed by atoms with Gasteiger partial charge in [-0.2, -0.15) is 0 Å². The van der Waals surface area contributed by atoms with Crippen molar-refractivity contribution in [2.75, 3.05) is 39.4 Å². The van der Waals surface area contributed by atoms with E-state index in [2.05, 4.69) is 18.7 Å². The zero-order chi connectivity index (χ0) is 17.4. The van der Waals surface area contributed by atoms with Gasteiger partial charge in [0.1, 0.15) is 0 Å². The van der Waals surface area contributed by atoms with Crippen LogP contribution in [-0.4, -0.2) is 78.3 Å². The average Bonchev–Trinajstić information content (AvgIpc) is 3.00. The fourth-order valence-electron chi connectivity index (χ4n) is 4.64. The first-order valence-electron chi connectivity index (χ1n) is 8.89. The van der Waals surface area contributed by atoms with Crippen molar-refractivity contribution in [1.82, 2.24) is 9.80 Å². The van der Waals surface area contributed by atoms with Crippen molar-refractivity contribution < 1.29 is 19.1 Å². The van der Waals surface area contributed by atoms with E-state index in [9.17, 15) is 9.59 Å². The summed E-state index contributed by atoms with van der Waals surface area (Å²) in [6.45, 7) is 7.89. The Kier molecular flexibility index (Phi) is 4.86. The Hall–Kier alpha value is -1.18. The van der Waals surface area contributed by atoms with Crippen molar-refractivity contribution in [3.8, 4) is 0 Å². The van der Waals surface area contributed by atoms with E-state index in [-0.39, 0.29) is 35.5 Å². The Bertz CT molecular complexity index is 504. The number of hydrogen-bond donors (Lipinski definition) is 1. The number of nitrogens with two attached hydrogens (primary N) is 1. The van der Waals surface area contributed by atoms with Gasteiger partial charge in [-0.25, -0.2) is 0 Å². The molecule has 1 spiro atoms. The van der Waals surface area contributed by atoms with E-state index in [1.165, 1.54) is 0 Å². The number of likely N-dealkylation sites (tertiary alicyclic amines) is 1. The molecule has 0 unspecified atom stereocenters. The number of hydrogen-bond acceptors (Lipinski definition) is 5. The maximum Gasteiger partial charge on any atom is 0.236 e. The van der Waals surface area contributed by atoms with Gasteiger partial charge in [-0.1, -0.05) is 0 Å². The quantitative estimate of drug-likeness (QED) is 0.786. The minimum Gasteiger partial charge on any atom is -0.378 e. The van der Waals surface area contributed by atoms with Gasteiger partial charge in [0.25, 0.3) is 0 Å². The predicted octanol–water partition coefficient (Wildman–Crippen LogP) is 0.123. The van der Waals surface area contributed by atoms with Gasteiger partial charge >= 0.3 is 0 Å². The highest BCUT2D eigenvalue weighted by Gasteiger charge is 2.57. The Morgan fingerprint density at radius 1 is 1.21 bits per heavy atom. The normalized spacial score (nSPS) is 33.2. The van der Waals surface area contributed by atoms with Crippen LogP contribution in [0, 0.1) is 0 Å². The summed E-state index contributed by atoms with van der Waals surface area (Å²) in [6, 6.07) is 0. The summed E-state index contributed by atoms with van der Waals surface area (Å²) in [7, 11) is 0. The van der Waals surface area contributed by atoms with Crippen molar-refractivity contribution in [2.24, 2.45) is 5.73 Å². The summed E-state index contributed by atoms with van der Waals surface area (Å²) in [5.74, 6) is -0.203. The van der Waals surface area contributed by atoms with Crippen molar-refractivity contribution >= 4 is 11.8 Å². The predicted molar refractivity (Wildman–Crippen MR) is 88.3 cm³/mol. The second-order valence-electron chi connectivity index (χ2n) is 7.84. The summed E-state index contributed by atoms with van der Waals surface area (Å²) >= 11 is 0. The van der Waals surface area contributed by atoms with E-state index in [1.807, 2.05) is 4.90 Å². The first-order chi connectivity index (χ1) is 11.3. The summed E-state index contributed by atoms with van der Waals surface area (Å²) in [5.41, 5.74) is 4.90. The van der Waals surface area contributed by atoms with Crippen LogP contribution in [0.2, 0.25) is 0 Å². The number of morpholine rings is 1. The van der Waals surface area contributed by atoms with Gasteiger partial charge in [0.2, 0.25) is 11.8 Å². The number of carbonyl (C=O) groups excluding carboxylic acids is 2. The molecule has 0 aliphatic carbocycles. The highest BCUT2D eigenvalue weighted by molar-refractivity contribution is 5.78. The number of rotatable bonds is 4. The molecular formula is C17H29N3O4. The van der Waals surface area contributed by atoms with Crippen LogP contribution < -0.4 is 5.73 Å². The minimum atomic E-state index is -0.344. The van der Waals surface area contributed by atoms with E-state index in [1.54, 1.807) is 0 Å². The van der Waals surface area contributed by atoms with Crippen molar-refractivity contribution in [2.45, 2.75) is 56.8 Å². The third-order valence-corrected chi connectivity index (χ3v) is 5.54. The van der Waals surface area contributed by atoms with Crippen LogP contribution in [0.25, 0.3) is 0 Å². The molecule has 0 saturated carbocycles. The Morgan fingerprint density at radius 3 is 2.58 bits per heavy atom. The largest absolute Gasteiger partial charge is 0.378 e. The molecule has 3 aliphatic rings. The number of nitrogens with zero attached hydrogens (tertiary/aromatic N) is 2. The van der Waals surface area contributed by atoms with Crippen LogP contribution in [0.15, 0.2) is 0 Å². The molecule has 0 aromatic carbocycles. The molecule has 2 amide bonds. The molecule has 7 nitrogen and oxygen atoms in total. The van der Waals surface area contributed by atoms with Gasteiger partial charge in [0, 0.05) is 13.1 Å². The van der Waals surface area contributed by atoms with Gasteiger partial charge in [-0.05, 0) is 39.7 Å². The molecule has 3 aliphatic heterocycles. The van der Waals surface area contributed by atoms with E-state index in [0.29, 0.717) is 32.8 Å². The van der Waals surface area contributed by atoms with Crippen LogP contribution in [0.4, 0.5) is 0 Å². The van der Waals surface area contributed by atoms with E-state index in [4.69, 9.17) is 15.2 Å². The molecule has 2 N–H and O–H groups in total. The second-order valence-corrected chi connectivity index (χ2v) is 7.84. The highest BCUT2D eigenvalue weighted by Crippen LogP contribution is 2.48. The van der Waals surface area contributed by atoms with Crippen LogP contribution in [0.5, 0.6) is 0 Å². The van der Waals surface area contributed by atoms with Gasteiger partial charge in [0.15, 0.2) is 0 Å². The molecule has 7 heteroatoms. The minimum absolute atomic E-state index is 0.141. The van der Waals surface area contributed by atoms with E-state index in [0.717, 1.165) is 25.8 Å². The lowest BCUT2D eigenvalue weighted by molar-refractivity contribution is -0.138. The molecule has 3 rings (SSSR count). The first kappa shape index (κ1) is 17.6. The van der Waals surface area contributed by atoms with Crippen LogP contribution in [0.1, 0.15) is 39.5 Å². The maximum absolute atomic E-state index is 12.7. The summed E-state index contributed by atoms with van der Waals surface area (Å²) < 4.78 is 11.5. The zero-order valence-corrected chi connectivity index (χ0v) is 14.8. The number of amides is 2. The van der Waals surface area contributed by atoms with Gasteiger partial charge < -0.3 is 20.1 Å². The zero-order valence-electron chi connectivity index (χ0n) is 14.8. The molecule has 3 fully saturated rings. The van der Waals surface area contributed by atoms with Gasteiger partial charge in [0.05, 0.1) is 43.4 Å². The maximum atomic E-state index is 12.7. The third kappa shape index (κ3) is 3.43. The number of carbonyl (C=O) groups is 2. The number of primary amides is 1. The van der Waals surface area contributed by atoms with Crippen LogP contribution in [-0.2, 0) is 19.1 Å². The lowest BCUT2D eigenvalue weighted by atomic mass is 9.82. The van der Waals surface area contributed by atoms with Crippen molar-refractivity contribution in [3.05, 3.63) is 0 Å². The highest BCUT2D eigenvalue weighted by atomic mass is 16.5. The molecule has 136 valence electrons. The molecule has 24 heavy (non-hydrogen) atoms. The lowest BCUT2D eigenvalue weighted by Gasteiger charge is -2.39. The molecule has 3 heterocycles. The summed E-state index contributed by atoms with van der Waals surface area (Å²) in [4.78, 5) is 28.3. The molecule has 2 atom stereocenters. The second kappa shape index (κ2) is 6.61. The van der Waals surface area contributed by atoms with Gasteiger partial charge in [-0.3, -0.25) is 14.5 Å². The lowest BCUT2D eigenvalue weighted by Crippen LogP contribution is -2.55. The van der Waals surface area contributed by atoms with Crippen LogP contribution >= 0.6 is 0 Å². The molecule has 0 aromatic heterocycles. The number of ether oxygens (including phenoxy) is 2. The van der Waals surface area contributed by atoms with E-state index < -0.39 is 0 Å². The molecule has 3 saturated heterocycles. The average molecular weight is 339 g/mol. The third-order valence-electron chi connectivity index (χ3n) is 5.54. The van der Waals surface area contributed by atoms with Gasteiger partial charge in [-0.15, -0.1) is 0 Å². The Balaban J connectivity index is 1.74. The standard InChI is InChI=1S/C17H29N3O4/c1-16(2)12-17(13(24-16)10-14(18)21)4-3-5-20(17)11-15(22)19-6-8-23-9-7-19/h13H,3-12H2,1-2H3,(H2,18,21)/t13-,17+/m0/s1. The monoisotopic (exact) mass is 339 g/mol. The summed E-state index contributed by atoms with van der Waals surface area (Å²) in [6.07, 6.45) is 2.78. The summed E-state index contributed by atoms with van der Waals surface area (Å²) in [5, 5.41) is 0. The molecular weight excluding hydrogens is 310 g/mol. The smallest absolute Gasteiger partial charge is 0.236 e. The molecule has 0 aromatic rings. The molecule has 0 radical (unpaired) electrons. The Labute approximate surface area is 143 Å². The first-order valence-corrected chi connectivity index (χ1v) is 8.89. The van der Waals surface area contributed by atoms with Crippen molar-refractivity contribution in [3.63, 3.8) is 0 Å². The fourth-order valence-corrected chi connectivity index (χ4v) is 4.64. The van der Waals surface area contributed by atoms with Crippen LogP contribution in [0.3, 0.4) is 0 Å².